The van der Waals surface area contributed by atoms with Crippen molar-refractivity contribution < 1.29 is 24.9 Å². The lowest BCUT2D eigenvalue weighted by atomic mass is 10.2. The number of aliphatic hydroxyl groups is 1. The Labute approximate surface area is 68.9 Å². The number of allylic oxidation sites excluding steroid dienone is 1. The van der Waals surface area contributed by atoms with Gasteiger partial charge in [0.1, 0.15) is 0 Å². The molecular formula is C7H10O5. The summed E-state index contributed by atoms with van der Waals surface area (Å²) in [5.74, 6) is -2.28. The van der Waals surface area contributed by atoms with E-state index in [1.807, 2.05) is 0 Å². The van der Waals surface area contributed by atoms with E-state index in [-0.39, 0.29) is 25.0 Å². The number of rotatable bonds is 5. The molecule has 0 heterocycles. The molecule has 0 aliphatic rings. The number of carbonyl (C=O) groups is 2. The number of hydrogen-bond donors (Lipinski definition) is 3. The molecule has 0 saturated heterocycles. The van der Waals surface area contributed by atoms with Gasteiger partial charge in [0.25, 0.3) is 0 Å². The van der Waals surface area contributed by atoms with Gasteiger partial charge in [-0.2, -0.15) is 0 Å². The van der Waals surface area contributed by atoms with E-state index < -0.39 is 11.9 Å². The van der Waals surface area contributed by atoms with Gasteiger partial charge in [-0.3, -0.25) is 9.59 Å². The molecule has 0 saturated carbocycles. The maximum Gasteiger partial charge on any atom is 0.307 e. The number of aliphatic hydroxyl groups excluding tert-OH is 1. The Hall–Kier alpha value is -1.52. The van der Waals surface area contributed by atoms with E-state index in [1.54, 1.807) is 0 Å². The summed E-state index contributed by atoms with van der Waals surface area (Å²) in [5, 5.41) is 25.2. The third kappa shape index (κ3) is 6.60. The highest BCUT2D eigenvalue weighted by atomic mass is 16.4. The van der Waals surface area contributed by atoms with Crippen LogP contribution in [0.3, 0.4) is 0 Å². The Morgan fingerprint density at radius 3 is 2.00 bits per heavy atom. The Morgan fingerprint density at radius 1 is 1.00 bits per heavy atom. The molecule has 12 heavy (non-hydrogen) atoms. The van der Waals surface area contributed by atoms with Crippen molar-refractivity contribution in [2.24, 2.45) is 0 Å². The highest BCUT2D eigenvalue weighted by Crippen LogP contribution is 2.01. The van der Waals surface area contributed by atoms with Crippen molar-refractivity contribution in [2.75, 3.05) is 0 Å². The molecule has 0 atom stereocenters. The summed E-state index contributed by atoms with van der Waals surface area (Å²) in [6, 6.07) is 0. The topological polar surface area (TPSA) is 94.8 Å². The zero-order valence-electron chi connectivity index (χ0n) is 6.36. The molecule has 0 aliphatic heterocycles. The van der Waals surface area contributed by atoms with Crippen LogP contribution in [0.25, 0.3) is 0 Å². The molecule has 0 bridgehead atoms. The molecule has 5 nitrogen and oxygen atoms in total. The highest BCUT2D eigenvalue weighted by molar-refractivity contribution is 5.69. The molecule has 0 aromatic carbocycles. The lowest BCUT2D eigenvalue weighted by Crippen LogP contribution is -1.97. The first-order valence-electron chi connectivity index (χ1n) is 3.34. The standard InChI is InChI=1S/C7H10O5/c8-5(1-3-6(9)10)2-4-7(11)12/h1,8H,2-4H2,(H,9,10)(H,11,12). The van der Waals surface area contributed by atoms with Crippen LogP contribution in [0.2, 0.25) is 0 Å². The highest BCUT2D eigenvalue weighted by Gasteiger charge is 2.00. The molecule has 0 spiro atoms. The van der Waals surface area contributed by atoms with Crippen LogP contribution in [0.1, 0.15) is 19.3 Å². The van der Waals surface area contributed by atoms with Gasteiger partial charge in [-0.1, -0.05) is 0 Å². The second-order valence-electron chi connectivity index (χ2n) is 2.19. The van der Waals surface area contributed by atoms with Crippen LogP contribution in [0.15, 0.2) is 11.8 Å². The fourth-order valence-corrected chi connectivity index (χ4v) is 0.542. The molecule has 68 valence electrons. The molecule has 5 heteroatoms. The van der Waals surface area contributed by atoms with Gasteiger partial charge in [0.05, 0.1) is 18.6 Å². The van der Waals surface area contributed by atoms with Crippen molar-refractivity contribution in [3.8, 4) is 0 Å². The Morgan fingerprint density at radius 2 is 1.58 bits per heavy atom. The third-order valence-electron chi connectivity index (χ3n) is 1.11. The molecule has 0 radical (unpaired) electrons. The normalized spacial score (nSPS) is 11.2. The van der Waals surface area contributed by atoms with Gasteiger partial charge in [0, 0.05) is 6.42 Å². The van der Waals surface area contributed by atoms with Crippen LogP contribution in [-0.4, -0.2) is 27.3 Å². The Kier molecular flexibility index (Phi) is 4.52. The van der Waals surface area contributed by atoms with Crippen molar-refractivity contribution >= 4 is 11.9 Å². The van der Waals surface area contributed by atoms with Gasteiger partial charge in [-0.05, 0) is 6.08 Å². The molecule has 0 unspecified atom stereocenters. The lowest BCUT2D eigenvalue weighted by molar-refractivity contribution is -0.137. The second kappa shape index (κ2) is 5.17. The monoisotopic (exact) mass is 174 g/mol. The Bertz CT molecular complexity index is 206. The fourth-order valence-electron chi connectivity index (χ4n) is 0.542. The minimum absolute atomic E-state index is 0.0252. The summed E-state index contributed by atoms with van der Waals surface area (Å²) < 4.78 is 0. The molecule has 0 fully saturated rings. The largest absolute Gasteiger partial charge is 0.513 e. The van der Waals surface area contributed by atoms with E-state index in [1.165, 1.54) is 0 Å². The van der Waals surface area contributed by atoms with Crippen LogP contribution in [0.5, 0.6) is 0 Å². The van der Waals surface area contributed by atoms with Crippen molar-refractivity contribution in [2.45, 2.75) is 19.3 Å². The van der Waals surface area contributed by atoms with Gasteiger partial charge >= 0.3 is 11.9 Å². The molecule has 0 aliphatic carbocycles. The van der Waals surface area contributed by atoms with Crippen LogP contribution in [0.4, 0.5) is 0 Å². The lowest BCUT2D eigenvalue weighted by Gasteiger charge is -1.94. The first kappa shape index (κ1) is 10.5. The van der Waals surface area contributed by atoms with Crippen molar-refractivity contribution in [1.82, 2.24) is 0 Å². The molecule has 0 amide bonds. The van der Waals surface area contributed by atoms with Crippen molar-refractivity contribution in [3.05, 3.63) is 11.8 Å². The average Bonchev–Trinajstić information content (AvgIpc) is 1.96. The summed E-state index contributed by atoms with van der Waals surface area (Å²) in [6.45, 7) is 0. The molecule has 3 N–H and O–H groups in total. The van der Waals surface area contributed by atoms with E-state index in [9.17, 15) is 9.59 Å². The predicted molar refractivity (Wildman–Crippen MR) is 39.8 cm³/mol. The molecule has 0 aromatic heterocycles. The average molecular weight is 174 g/mol. The van der Waals surface area contributed by atoms with E-state index in [2.05, 4.69) is 0 Å². The molecular weight excluding hydrogens is 164 g/mol. The van der Waals surface area contributed by atoms with Gasteiger partial charge in [-0.15, -0.1) is 0 Å². The smallest absolute Gasteiger partial charge is 0.307 e. The van der Waals surface area contributed by atoms with E-state index >= 15 is 0 Å². The second-order valence-corrected chi connectivity index (χ2v) is 2.19. The van der Waals surface area contributed by atoms with E-state index in [0.29, 0.717) is 0 Å². The zero-order valence-corrected chi connectivity index (χ0v) is 6.36. The quantitative estimate of drug-likeness (QED) is 0.535. The summed E-state index contributed by atoms with van der Waals surface area (Å²) in [6.07, 6.45) is 0.585. The van der Waals surface area contributed by atoms with Crippen LogP contribution in [0, 0.1) is 0 Å². The fraction of sp³-hybridized carbons (Fsp3) is 0.429. The Balaban J connectivity index is 3.70. The van der Waals surface area contributed by atoms with E-state index in [4.69, 9.17) is 15.3 Å². The molecule has 0 rings (SSSR count). The number of carboxylic acids is 2. The van der Waals surface area contributed by atoms with Crippen LogP contribution < -0.4 is 0 Å². The minimum Gasteiger partial charge on any atom is -0.513 e. The minimum atomic E-state index is -1.06. The third-order valence-corrected chi connectivity index (χ3v) is 1.11. The maximum atomic E-state index is 9.99. The number of carboxylic acid groups (broad SMARTS) is 2. The van der Waals surface area contributed by atoms with Crippen LogP contribution >= 0.6 is 0 Å². The van der Waals surface area contributed by atoms with Crippen molar-refractivity contribution in [1.29, 1.82) is 0 Å². The predicted octanol–water partition coefficient (Wildman–Crippen LogP) is 0.768. The van der Waals surface area contributed by atoms with Crippen molar-refractivity contribution in [3.63, 3.8) is 0 Å². The van der Waals surface area contributed by atoms with E-state index in [0.717, 1.165) is 6.08 Å². The number of hydrogen-bond acceptors (Lipinski definition) is 3. The molecule has 0 aromatic rings. The number of aliphatic carboxylic acids is 2. The summed E-state index contributed by atoms with van der Waals surface area (Å²) in [5.41, 5.74) is 0. The summed E-state index contributed by atoms with van der Waals surface area (Å²) >= 11 is 0. The first-order chi connectivity index (χ1) is 5.52. The first-order valence-corrected chi connectivity index (χ1v) is 3.34. The van der Waals surface area contributed by atoms with Gasteiger partial charge in [-0.25, -0.2) is 0 Å². The maximum absolute atomic E-state index is 9.99. The van der Waals surface area contributed by atoms with Gasteiger partial charge < -0.3 is 15.3 Å². The summed E-state index contributed by atoms with van der Waals surface area (Å²) in [4.78, 5) is 20.0. The SMILES string of the molecule is O=C(O)CC=C(O)CCC(=O)O. The summed E-state index contributed by atoms with van der Waals surface area (Å²) in [7, 11) is 0. The van der Waals surface area contributed by atoms with Gasteiger partial charge in [0.2, 0.25) is 0 Å². The van der Waals surface area contributed by atoms with Gasteiger partial charge in [0.15, 0.2) is 0 Å². The zero-order chi connectivity index (χ0) is 9.56. The van der Waals surface area contributed by atoms with Crippen LogP contribution in [-0.2, 0) is 9.59 Å².